The van der Waals surface area contributed by atoms with E-state index in [1.54, 1.807) is 0 Å². The van der Waals surface area contributed by atoms with Crippen molar-refractivity contribution in [2.75, 3.05) is 5.75 Å². The Morgan fingerprint density at radius 3 is 1.44 bits per heavy atom. The molecule has 0 fully saturated rings. The fourth-order valence-corrected chi connectivity index (χ4v) is 0.668. The van der Waals surface area contributed by atoms with Crippen LogP contribution in [0.1, 0.15) is 0 Å². The zero-order valence-corrected chi connectivity index (χ0v) is 5.11. The second-order valence-corrected chi connectivity index (χ2v) is 4.17. The minimum absolute atomic E-state index is 0.154. The van der Waals surface area contributed by atoms with Gasteiger partial charge in [0.25, 0.3) is 10.2 Å². The quantitative estimate of drug-likeness (QED) is 0.437. The van der Waals surface area contributed by atoms with Gasteiger partial charge in [0.05, 0.1) is 0 Å². The van der Waals surface area contributed by atoms with Gasteiger partial charge in [0, 0.05) is 0 Å². The lowest BCUT2D eigenvalue weighted by molar-refractivity contribution is 0.370. The van der Waals surface area contributed by atoms with Crippen molar-refractivity contribution in [1.82, 2.24) is 0 Å². The number of hydrogen-bond acceptors (Lipinski definition) is 0. The van der Waals surface area contributed by atoms with Gasteiger partial charge in [-0.3, -0.25) is 0 Å². The van der Waals surface area contributed by atoms with Crippen LogP contribution >= 0.6 is 10.2 Å². The number of rotatable bonds is 2. The Labute approximate surface area is 49.1 Å². The van der Waals surface area contributed by atoms with Crippen LogP contribution in [0, 0.1) is 0 Å². The van der Waals surface area contributed by atoms with Gasteiger partial charge in [0.1, 0.15) is 5.75 Å². The van der Waals surface area contributed by atoms with Crippen LogP contribution in [0.3, 0.4) is 0 Å². The van der Waals surface area contributed by atoms with E-state index < -0.39 is 16.0 Å². The highest BCUT2D eigenvalue weighted by Crippen LogP contribution is 2.97. The summed E-state index contributed by atoms with van der Waals surface area (Å²) < 4.78 is 55.7. The van der Waals surface area contributed by atoms with Gasteiger partial charge in [-0.25, -0.2) is 0 Å². The standard InChI is InChI=1S/C3H5F5S/c1-2-3-9(4,5,6,7)8/h2H,1,3H2. The average Bonchev–Trinajstić information content (AvgIpc) is 1.22. The maximum atomic E-state index is 11.1. The second kappa shape index (κ2) is 1.25. The molecule has 0 unspecified atom stereocenters. The lowest BCUT2D eigenvalue weighted by atomic mass is 10.8. The minimum atomic E-state index is -9.15. The summed E-state index contributed by atoms with van der Waals surface area (Å²) in [6.07, 6.45) is 0.154. The molecule has 0 saturated heterocycles. The zero-order chi connectivity index (χ0) is 7.82. The van der Waals surface area contributed by atoms with Gasteiger partial charge in [-0.15, -0.1) is 6.58 Å². The molecule has 0 bridgehead atoms. The molecule has 0 aliphatic heterocycles. The summed E-state index contributed by atoms with van der Waals surface area (Å²) in [6, 6.07) is 0. The molecule has 0 aliphatic carbocycles. The highest BCUT2D eigenvalue weighted by Gasteiger charge is 2.61. The minimum Gasteiger partial charge on any atom is -0.102 e. The first-order chi connectivity index (χ1) is 3.54. The molecule has 0 aromatic heterocycles. The van der Waals surface area contributed by atoms with Crippen molar-refractivity contribution in [2.24, 2.45) is 0 Å². The Bertz CT molecular complexity index is 127. The van der Waals surface area contributed by atoms with Crippen molar-refractivity contribution in [3.05, 3.63) is 12.7 Å². The summed E-state index contributed by atoms with van der Waals surface area (Å²) in [4.78, 5) is 0. The van der Waals surface area contributed by atoms with E-state index >= 15 is 0 Å². The summed E-state index contributed by atoms with van der Waals surface area (Å²) in [7, 11) is -9.15. The van der Waals surface area contributed by atoms with Gasteiger partial charge >= 0.3 is 0 Å². The van der Waals surface area contributed by atoms with Gasteiger partial charge in [-0.2, -0.15) is 0 Å². The monoisotopic (exact) mass is 168 g/mol. The molecule has 58 valence electrons. The van der Waals surface area contributed by atoms with E-state index in [9.17, 15) is 19.4 Å². The van der Waals surface area contributed by atoms with Gasteiger partial charge in [-0.1, -0.05) is 25.5 Å². The van der Waals surface area contributed by atoms with Gasteiger partial charge in [0.15, 0.2) is 0 Å². The van der Waals surface area contributed by atoms with Crippen LogP contribution in [0.25, 0.3) is 0 Å². The first-order valence-electron chi connectivity index (χ1n) is 1.88. The van der Waals surface area contributed by atoms with E-state index in [4.69, 9.17) is 0 Å². The van der Waals surface area contributed by atoms with E-state index in [1.165, 1.54) is 0 Å². The maximum Gasteiger partial charge on any atom is 0.288 e. The highest BCUT2D eigenvalue weighted by molar-refractivity contribution is 8.45. The first kappa shape index (κ1) is 8.74. The van der Waals surface area contributed by atoms with Crippen molar-refractivity contribution < 1.29 is 19.4 Å². The molecular weight excluding hydrogens is 163 g/mol. The summed E-state index contributed by atoms with van der Waals surface area (Å²) in [6.45, 7) is 2.57. The van der Waals surface area contributed by atoms with Crippen LogP contribution in [-0.2, 0) is 0 Å². The number of halogens is 5. The molecular formula is C3H5F5S. The molecule has 0 aromatic rings. The van der Waals surface area contributed by atoms with Crippen molar-refractivity contribution in [2.45, 2.75) is 0 Å². The van der Waals surface area contributed by atoms with Gasteiger partial charge in [-0.05, 0) is 0 Å². The fraction of sp³-hybridized carbons (Fsp3) is 0.333. The number of hydrogen-bond donors (Lipinski definition) is 0. The average molecular weight is 168 g/mol. The van der Waals surface area contributed by atoms with E-state index in [0.29, 0.717) is 0 Å². The molecule has 0 atom stereocenters. The largest absolute Gasteiger partial charge is 0.288 e. The molecule has 0 heterocycles. The molecule has 0 aromatic carbocycles. The summed E-state index contributed by atoms with van der Waals surface area (Å²) >= 11 is 0. The summed E-state index contributed by atoms with van der Waals surface area (Å²) in [5.41, 5.74) is 0. The van der Waals surface area contributed by atoms with Crippen molar-refractivity contribution >= 4 is 10.2 Å². The molecule has 0 amide bonds. The zero-order valence-electron chi connectivity index (χ0n) is 4.29. The lowest BCUT2D eigenvalue weighted by Gasteiger charge is -2.39. The summed E-state index contributed by atoms with van der Waals surface area (Å²) in [5, 5.41) is 0. The third-order valence-electron chi connectivity index (χ3n) is 0.433. The third kappa shape index (κ3) is 7.74. The Kier molecular flexibility index (Phi) is 1.22. The predicted molar refractivity (Wildman–Crippen MR) is 28.2 cm³/mol. The van der Waals surface area contributed by atoms with Crippen LogP contribution < -0.4 is 0 Å². The predicted octanol–water partition coefficient (Wildman–Crippen LogP) is 3.47. The van der Waals surface area contributed by atoms with Crippen molar-refractivity contribution in [3.63, 3.8) is 0 Å². The van der Waals surface area contributed by atoms with Gasteiger partial charge < -0.3 is 0 Å². The van der Waals surface area contributed by atoms with E-state index in [1.807, 2.05) is 0 Å². The lowest BCUT2D eigenvalue weighted by Crippen LogP contribution is -2.08. The smallest absolute Gasteiger partial charge is 0.102 e. The van der Waals surface area contributed by atoms with E-state index in [0.717, 1.165) is 0 Å². The van der Waals surface area contributed by atoms with Crippen LogP contribution in [0.15, 0.2) is 12.7 Å². The topological polar surface area (TPSA) is 0 Å². The molecule has 0 radical (unpaired) electrons. The van der Waals surface area contributed by atoms with Crippen LogP contribution in [0.2, 0.25) is 0 Å². The van der Waals surface area contributed by atoms with Crippen LogP contribution in [0.5, 0.6) is 0 Å². The maximum absolute atomic E-state index is 11.1. The summed E-state index contributed by atoms with van der Waals surface area (Å²) in [5.74, 6) is -2.18. The molecule has 0 N–H and O–H groups in total. The Balaban J connectivity index is 4.53. The molecule has 9 heavy (non-hydrogen) atoms. The first-order valence-corrected chi connectivity index (χ1v) is 4.00. The van der Waals surface area contributed by atoms with E-state index in [-0.39, 0.29) is 6.08 Å². The molecule has 0 aliphatic rings. The SMILES string of the molecule is C=CCS(F)(F)(F)(F)F. The molecule has 0 nitrogen and oxygen atoms in total. The van der Waals surface area contributed by atoms with E-state index in [2.05, 4.69) is 6.58 Å². The normalized spacial score (nSPS) is 20.1. The molecule has 0 spiro atoms. The molecule has 0 saturated carbocycles. The third-order valence-corrected chi connectivity index (χ3v) is 1.30. The van der Waals surface area contributed by atoms with Crippen molar-refractivity contribution in [1.29, 1.82) is 0 Å². The molecule has 0 rings (SSSR count). The second-order valence-electron chi connectivity index (χ2n) is 1.58. The Morgan fingerprint density at radius 1 is 1.11 bits per heavy atom. The van der Waals surface area contributed by atoms with Crippen LogP contribution in [0.4, 0.5) is 19.4 Å². The van der Waals surface area contributed by atoms with Crippen LogP contribution in [-0.4, -0.2) is 5.75 Å². The van der Waals surface area contributed by atoms with Crippen molar-refractivity contribution in [3.8, 4) is 0 Å². The Hall–Kier alpha value is -0.260. The Morgan fingerprint density at radius 2 is 1.44 bits per heavy atom. The highest BCUT2D eigenvalue weighted by atomic mass is 32.5. The molecule has 6 heteroatoms. The fourth-order valence-electron chi connectivity index (χ4n) is 0.223. The van der Waals surface area contributed by atoms with Gasteiger partial charge in [0.2, 0.25) is 0 Å².